The molecule has 0 aromatic carbocycles. The highest BCUT2D eigenvalue weighted by Crippen LogP contribution is 2.21. The third-order valence-corrected chi connectivity index (χ3v) is 4.10. The first-order chi connectivity index (χ1) is 11.8. The van der Waals surface area contributed by atoms with Crippen LogP contribution in [0.3, 0.4) is 0 Å². The maximum atomic E-state index is 12.0. The Hall–Kier alpha value is -2.95. The van der Waals surface area contributed by atoms with Crippen molar-refractivity contribution in [2.24, 2.45) is 0 Å². The van der Waals surface area contributed by atoms with E-state index in [1.54, 1.807) is 29.3 Å². The summed E-state index contributed by atoms with van der Waals surface area (Å²) in [6.45, 7) is 2.09. The molecule has 0 bridgehead atoms. The number of anilines is 1. The fourth-order valence-corrected chi connectivity index (χ4v) is 2.84. The molecule has 1 saturated heterocycles. The van der Waals surface area contributed by atoms with Crippen LogP contribution in [0.25, 0.3) is 0 Å². The molecule has 124 valence electrons. The van der Waals surface area contributed by atoms with E-state index < -0.39 is 0 Å². The number of pyridine rings is 1. The van der Waals surface area contributed by atoms with E-state index >= 15 is 0 Å². The van der Waals surface area contributed by atoms with E-state index in [4.69, 9.17) is 0 Å². The Morgan fingerprint density at radius 3 is 2.96 bits per heavy atom. The van der Waals surface area contributed by atoms with Crippen molar-refractivity contribution < 1.29 is 4.79 Å². The lowest BCUT2D eigenvalue weighted by Gasteiger charge is -2.33. The maximum Gasteiger partial charge on any atom is 0.222 e. The van der Waals surface area contributed by atoms with E-state index in [1.165, 1.54) is 6.33 Å². The number of amides is 1. The van der Waals surface area contributed by atoms with Crippen molar-refractivity contribution in [1.82, 2.24) is 25.1 Å². The molecule has 1 N–H and O–H groups in total. The van der Waals surface area contributed by atoms with Crippen LogP contribution in [0.2, 0.25) is 0 Å². The highest BCUT2D eigenvalue weighted by Gasteiger charge is 2.22. The van der Waals surface area contributed by atoms with Gasteiger partial charge in [-0.2, -0.15) is 10.4 Å². The van der Waals surface area contributed by atoms with Gasteiger partial charge in [0.15, 0.2) is 0 Å². The molecule has 0 unspecified atom stereocenters. The minimum atomic E-state index is 0.0273. The van der Waals surface area contributed by atoms with Gasteiger partial charge in [0.05, 0.1) is 12.1 Å². The Morgan fingerprint density at radius 2 is 2.25 bits per heavy atom. The molecule has 1 fully saturated rings. The minimum Gasteiger partial charge on any atom is -0.355 e. The van der Waals surface area contributed by atoms with E-state index in [1.807, 2.05) is 0 Å². The molecule has 8 nitrogen and oxygen atoms in total. The van der Waals surface area contributed by atoms with E-state index in [0.29, 0.717) is 18.5 Å². The van der Waals surface area contributed by atoms with Crippen LogP contribution in [0.4, 0.5) is 5.82 Å². The number of hydrogen-bond acceptors (Lipinski definition) is 6. The summed E-state index contributed by atoms with van der Waals surface area (Å²) >= 11 is 0. The SMILES string of the molecule is N#Cc1cccnc1N1CCC(NC(=O)CCn2cncn2)CC1. The monoisotopic (exact) mass is 325 g/mol. The molecule has 1 amide bonds. The first-order valence-corrected chi connectivity index (χ1v) is 7.98. The third-order valence-electron chi connectivity index (χ3n) is 4.10. The molecular formula is C16H19N7O. The fraction of sp³-hybridized carbons (Fsp3) is 0.438. The molecule has 0 aliphatic carbocycles. The summed E-state index contributed by atoms with van der Waals surface area (Å²) in [5.74, 6) is 0.760. The first kappa shape index (κ1) is 15.9. The molecule has 8 heteroatoms. The summed E-state index contributed by atoms with van der Waals surface area (Å²) in [5, 5.41) is 16.2. The first-order valence-electron chi connectivity index (χ1n) is 7.98. The van der Waals surface area contributed by atoms with Crippen molar-refractivity contribution in [3.8, 4) is 6.07 Å². The van der Waals surface area contributed by atoms with Crippen molar-refractivity contribution in [3.05, 3.63) is 36.5 Å². The number of carbonyl (C=O) groups is 1. The predicted octanol–water partition coefficient (Wildman–Crippen LogP) is 0.720. The Bertz CT molecular complexity index is 714. The average Bonchev–Trinajstić information content (AvgIpc) is 3.14. The van der Waals surface area contributed by atoms with E-state index in [0.717, 1.165) is 31.7 Å². The molecular weight excluding hydrogens is 306 g/mol. The summed E-state index contributed by atoms with van der Waals surface area (Å²) in [6, 6.07) is 5.89. The third kappa shape index (κ3) is 3.87. The number of aromatic nitrogens is 4. The summed E-state index contributed by atoms with van der Waals surface area (Å²) in [4.78, 5) is 22.3. The summed E-state index contributed by atoms with van der Waals surface area (Å²) in [7, 11) is 0. The molecule has 0 saturated carbocycles. The smallest absolute Gasteiger partial charge is 0.222 e. The number of piperidine rings is 1. The zero-order chi connectivity index (χ0) is 16.8. The minimum absolute atomic E-state index is 0.0273. The average molecular weight is 325 g/mol. The molecule has 3 heterocycles. The zero-order valence-corrected chi connectivity index (χ0v) is 13.3. The van der Waals surface area contributed by atoms with Crippen LogP contribution < -0.4 is 10.2 Å². The van der Waals surface area contributed by atoms with Gasteiger partial charge in [0.1, 0.15) is 24.5 Å². The van der Waals surface area contributed by atoms with Crippen LogP contribution in [-0.4, -0.2) is 44.8 Å². The number of carbonyl (C=O) groups excluding carboxylic acids is 1. The van der Waals surface area contributed by atoms with Gasteiger partial charge in [0, 0.05) is 31.7 Å². The standard InChI is InChI=1S/C16H19N7O/c17-10-13-2-1-6-19-16(13)22-7-3-14(4-8-22)21-15(24)5-9-23-12-18-11-20-23/h1-2,6,11-12,14H,3-5,7-9H2,(H,21,24). The Labute approximate surface area is 140 Å². The van der Waals surface area contributed by atoms with Gasteiger partial charge in [-0.1, -0.05) is 0 Å². The van der Waals surface area contributed by atoms with Gasteiger partial charge >= 0.3 is 0 Å². The molecule has 0 radical (unpaired) electrons. The number of aryl methyl sites for hydroxylation is 1. The molecule has 3 rings (SSSR count). The van der Waals surface area contributed by atoms with Gasteiger partial charge in [-0.15, -0.1) is 0 Å². The number of nitrogens with one attached hydrogen (secondary N) is 1. The van der Waals surface area contributed by atoms with Gasteiger partial charge in [-0.05, 0) is 25.0 Å². The van der Waals surface area contributed by atoms with Gasteiger partial charge in [0.2, 0.25) is 5.91 Å². The van der Waals surface area contributed by atoms with E-state index in [-0.39, 0.29) is 11.9 Å². The number of nitrogens with zero attached hydrogens (tertiary/aromatic N) is 6. The van der Waals surface area contributed by atoms with Crippen LogP contribution in [-0.2, 0) is 11.3 Å². The summed E-state index contributed by atoms with van der Waals surface area (Å²) < 4.78 is 1.65. The molecule has 0 atom stereocenters. The Balaban J connectivity index is 1.47. The van der Waals surface area contributed by atoms with Crippen molar-refractivity contribution in [2.45, 2.75) is 31.8 Å². The second kappa shape index (κ2) is 7.55. The Morgan fingerprint density at radius 1 is 1.42 bits per heavy atom. The van der Waals surface area contributed by atoms with Crippen LogP contribution in [0.1, 0.15) is 24.8 Å². The summed E-state index contributed by atoms with van der Waals surface area (Å²) in [5.41, 5.74) is 0.591. The van der Waals surface area contributed by atoms with Crippen molar-refractivity contribution >= 4 is 11.7 Å². The summed E-state index contributed by atoms with van der Waals surface area (Å²) in [6.07, 6.45) is 6.84. The predicted molar refractivity (Wildman–Crippen MR) is 87.0 cm³/mol. The largest absolute Gasteiger partial charge is 0.355 e. The number of rotatable bonds is 5. The topological polar surface area (TPSA) is 99.7 Å². The van der Waals surface area contributed by atoms with Crippen molar-refractivity contribution in [3.63, 3.8) is 0 Å². The molecule has 24 heavy (non-hydrogen) atoms. The number of hydrogen-bond donors (Lipinski definition) is 1. The quantitative estimate of drug-likeness (QED) is 0.869. The van der Waals surface area contributed by atoms with Gasteiger partial charge in [0.25, 0.3) is 0 Å². The van der Waals surface area contributed by atoms with Crippen molar-refractivity contribution in [2.75, 3.05) is 18.0 Å². The molecule has 1 aliphatic rings. The molecule has 1 aliphatic heterocycles. The van der Waals surface area contributed by atoms with E-state index in [2.05, 4.69) is 31.4 Å². The maximum absolute atomic E-state index is 12.0. The molecule has 0 spiro atoms. The van der Waals surface area contributed by atoms with Gasteiger partial charge in [-0.3, -0.25) is 9.48 Å². The lowest BCUT2D eigenvalue weighted by molar-refractivity contribution is -0.122. The molecule has 2 aromatic heterocycles. The fourth-order valence-electron chi connectivity index (χ4n) is 2.84. The normalized spacial score (nSPS) is 15.0. The second-order valence-electron chi connectivity index (χ2n) is 5.72. The lowest BCUT2D eigenvalue weighted by Crippen LogP contribution is -2.45. The lowest BCUT2D eigenvalue weighted by atomic mass is 10.0. The zero-order valence-electron chi connectivity index (χ0n) is 13.3. The highest BCUT2D eigenvalue weighted by molar-refractivity contribution is 5.76. The van der Waals surface area contributed by atoms with Crippen LogP contribution in [0.5, 0.6) is 0 Å². The van der Waals surface area contributed by atoms with Crippen LogP contribution >= 0.6 is 0 Å². The number of nitriles is 1. The van der Waals surface area contributed by atoms with Gasteiger partial charge in [-0.25, -0.2) is 9.97 Å². The van der Waals surface area contributed by atoms with Crippen LogP contribution in [0, 0.1) is 11.3 Å². The van der Waals surface area contributed by atoms with Gasteiger partial charge < -0.3 is 10.2 Å². The van der Waals surface area contributed by atoms with E-state index in [9.17, 15) is 10.1 Å². The molecule has 2 aromatic rings. The van der Waals surface area contributed by atoms with Crippen molar-refractivity contribution in [1.29, 1.82) is 5.26 Å². The highest BCUT2D eigenvalue weighted by atomic mass is 16.1. The Kier molecular flexibility index (Phi) is 5.01. The second-order valence-corrected chi connectivity index (χ2v) is 5.72. The van der Waals surface area contributed by atoms with Crippen LogP contribution in [0.15, 0.2) is 31.0 Å².